The van der Waals surface area contributed by atoms with E-state index < -0.39 is 0 Å². The van der Waals surface area contributed by atoms with Crippen LogP contribution in [0.2, 0.25) is 0 Å². The summed E-state index contributed by atoms with van der Waals surface area (Å²) in [6.07, 6.45) is 4.00. The van der Waals surface area contributed by atoms with Gasteiger partial charge in [-0.2, -0.15) is 5.10 Å². The second-order valence-electron chi connectivity index (χ2n) is 7.28. The number of aryl methyl sites for hydroxylation is 1. The topological polar surface area (TPSA) is 68.2 Å². The molecule has 1 fully saturated rings. The second kappa shape index (κ2) is 9.24. The molecule has 0 bridgehead atoms. The van der Waals surface area contributed by atoms with E-state index in [0.717, 1.165) is 23.4 Å². The van der Waals surface area contributed by atoms with Gasteiger partial charge >= 0.3 is 0 Å². The van der Waals surface area contributed by atoms with Crippen LogP contribution in [-0.4, -0.2) is 34.9 Å². The summed E-state index contributed by atoms with van der Waals surface area (Å²) in [6.45, 7) is 7.52. The van der Waals surface area contributed by atoms with Gasteiger partial charge in [-0.05, 0) is 44.0 Å². The maximum atomic E-state index is 12.8. The molecule has 3 rings (SSSR count). The lowest BCUT2D eigenvalue weighted by Crippen LogP contribution is -2.35. The van der Waals surface area contributed by atoms with Gasteiger partial charge in [-0.25, -0.2) is 0 Å². The molecule has 6 nitrogen and oxygen atoms in total. The molecule has 1 aromatic heterocycles. The van der Waals surface area contributed by atoms with Gasteiger partial charge in [-0.15, -0.1) is 12.4 Å². The van der Waals surface area contributed by atoms with Crippen molar-refractivity contribution in [3.63, 3.8) is 0 Å². The lowest BCUT2D eigenvalue weighted by atomic mass is 9.90. The molecule has 1 saturated heterocycles. The van der Waals surface area contributed by atoms with Crippen molar-refractivity contribution in [3.8, 4) is 5.75 Å². The summed E-state index contributed by atoms with van der Waals surface area (Å²) in [6, 6.07) is 7.87. The third kappa shape index (κ3) is 5.23. The first-order valence-corrected chi connectivity index (χ1v) is 9.20. The predicted molar refractivity (Wildman–Crippen MR) is 108 cm³/mol. The van der Waals surface area contributed by atoms with E-state index in [-0.39, 0.29) is 42.3 Å². The molecule has 2 N–H and O–H groups in total. The fourth-order valence-electron chi connectivity index (χ4n) is 3.45. The van der Waals surface area contributed by atoms with Crippen molar-refractivity contribution in [2.24, 2.45) is 13.0 Å². The molecule has 148 valence electrons. The van der Waals surface area contributed by atoms with Crippen molar-refractivity contribution in [1.82, 2.24) is 20.4 Å². The highest BCUT2D eigenvalue weighted by Crippen LogP contribution is 2.29. The summed E-state index contributed by atoms with van der Waals surface area (Å²) in [5.74, 6) is 1.01. The van der Waals surface area contributed by atoms with Crippen LogP contribution in [0, 0.1) is 5.92 Å². The first-order chi connectivity index (χ1) is 12.4. The van der Waals surface area contributed by atoms with Gasteiger partial charge < -0.3 is 15.4 Å². The van der Waals surface area contributed by atoms with Gasteiger partial charge in [-0.3, -0.25) is 9.48 Å². The third-order valence-corrected chi connectivity index (χ3v) is 4.81. The molecule has 0 aliphatic carbocycles. The predicted octanol–water partition coefficient (Wildman–Crippen LogP) is 2.81. The molecule has 0 radical (unpaired) electrons. The van der Waals surface area contributed by atoms with Crippen LogP contribution in [0.1, 0.15) is 43.9 Å². The van der Waals surface area contributed by atoms with Crippen molar-refractivity contribution < 1.29 is 9.53 Å². The standard InChI is InChI=1S/C20H28N4O2.ClH/c1-13(2)26-17-7-5-15(6-8-17)14(3)23-20(25)19-11-21-10-18(19)16-9-22-24(4)12-16;/h5-9,12-14,18-19,21H,10-11H2,1-4H3,(H,23,25);1H/t14?,18-,19+;/m1./s1. The summed E-state index contributed by atoms with van der Waals surface area (Å²) in [4.78, 5) is 12.8. The number of nitrogens with zero attached hydrogens (tertiary/aromatic N) is 2. The van der Waals surface area contributed by atoms with E-state index in [9.17, 15) is 4.79 Å². The van der Waals surface area contributed by atoms with Crippen LogP contribution in [0.15, 0.2) is 36.7 Å². The smallest absolute Gasteiger partial charge is 0.225 e. The maximum absolute atomic E-state index is 12.8. The van der Waals surface area contributed by atoms with Crippen molar-refractivity contribution in [2.75, 3.05) is 13.1 Å². The number of amides is 1. The Kier molecular flexibility index (Phi) is 7.27. The minimum atomic E-state index is -0.0785. The van der Waals surface area contributed by atoms with Crippen LogP contribution in [-0.2, 0) is 11.8 Å². The van der Waals surface area contributed by atoms with E-state index in [1.54, 1.807) is 4.68 Å². The van der Waals surface area contributed by atoms with E-state index in [4.69, 9.17) is 4.74 Å². The largest absolute Gasteiger partial charge is 0.491 e. The van der Waals surface area contributed by atoms with E-state index in [1.165, 1.54) is 0 Å². The molecule has 1 aliphatic rings. The lowest BCUT2D eigenvalue weighted by molar-refractivity contribution is -0.125. The highest BCUT2D eigenvalue weighted by Gasteiger charge is 2.35. The minimum Gasteiger partial charge on any atom is -0.491 e. The Hall–Kier alpha value is -2.05. The molecule has 1 unspecified atom stereocenters. The molecule has 1 amide bonds. The summed E-state index contributed by atoms with van der Waals surface area (Å²) < 4.78 is 7.46. The van der Waals surface area contributed by atoms with E-state index in [2.05, 4.69) is 15.7 Å². The monoisotopic (exact) mass is 392 g/mol. The van der Waals surface area contributed by atoms with Crippen LogP contribution >= 0.6 is 12.4 Å². The van der Waals surface area contributed by atoms with E-state index in [0.29, 0.717) is 6.54 Å². The molecule has 0 saturated carbocycles. The zero-order valence-electron chi connectivity index (χ0n) is 16.3. The number of hydrogen-bond acceptors (Lipinski definition) is 4. The summed E-state index contributed by atoms with van der Waals surface area (Å²) in [5, 5.41) is 10.7. The first-order valence-electron chi connectivity index (χ1n) is 9.20. The lowest BCUT2D eigenvalue weighted by Gasteiger charge is -2.21. The Morgan fingerprint density at radius 2 is 1.96 bits per heavy atom. The normalized spacial score (nSPS) is 20.2. The maximum Gasteiger partial charge on any atom is 0.225 e. The van der Waals surface area contributed by atoms with Gasteiger partial charge in [0, 0.05) is 32.3 Å². The van der Waals surface area contributed by atoms with Crippen LogP contribution in [0.25, 0.3) is 0 Å². The Bertz CT molecular complexity index is 745. The molecule has 7 heteroatoms. The van der Waals surface area contributed by atoms with Crippen molar-refractivity contribution in [1.29, 1.82) is 0 Å². The van der Waals surface area contributed by atoms with Gasteiger partial charge in [-0.1, -0.05) is 12.1 Å². The Balaban J connectivity index is 0.00000261. The average molecular weight is 393 g/mol. The van der Waals surface area contributed by atoms with E-state index >= 15 is 0 Å². The number of carbonyl (C=O) groups is 1. The van der Waals surface area contributed by atoms with Crippen molar-refractivity contribution in [2.45, 2.75) is 38.8 Å². The number of hydrogen-bond donors (Lipinski definition) is 2. The molecule has 1 aromatic carbocycles. The third-order valence-electron chi connectivity index (χ3n) is 4.81. The van der Waals surface area contributed by atoms with Crippen molar-refractivity contribution >= 4 is 18.3 Å². The molecular formula is C20H29ClN4O2. The molecule has 0 spiro atoms. The Morgan fingerprint density at radius 1 is 1.26 bits per heavy atom. The summed E-state index contributed by atoms with van der Waals surface area (Å²) in [7, 11) is 1.90. The SMILES string of the molecule is CC(C)Oc1ccc(C(C)NC(=O)[C@H]2CNC[C@@H]2c2cnn(C)c2)cc1.Cl. The first kappa shape index (κ1) is 21.3. The summed E-state index contributed by atoms with van der Waals surface area (Å²) in [5.41, 5.74) is 2.18. The molecule has 27 heavy (non-hydrogen) atoms. The molecule has 3 atom stereocenters. The number of aromatic nitrogens is 2. The van der Waals surface area contributed by atoms with Crippen LogP contribution in [0.3, 0.4) is 0 Å². The van der Waals surface area contributed by atoms with Crippen LogP contribution in [0.4, 0.5) is 0 Å². The number of halogens is 1. The highest BCUT2D eigenvalue weighted by molar-refractivity contribution is 5.85. The Morgan fingerprint density at radius 3 is 2.56 bits per heavy atom. The number of carbonyl (C=O) groups excluding carboxylic acids is 1. The van der Waals surface area contributed by atoms with Gasteiger partial charge in [0.15, 0.2) is 0 Å². The van der Waals surface area contributed by atoms with Gasteiger partial charge in [0.2, 0.25) is 5.91 Å². The van der Waals surface area contributed by atoms with Gasteiger partial charge in [0.25, 0.3) is 0 Å². The molecule has 1 aliphatic heterocycles. The zero-order valence-corrected chi connectivity index (χ0v) is 17.1. The quantitative estimate of drug-likeness (QED) is 0.793. The number of rotatable bonds is 6. The van der Waals surface area contributed by atoms with Gasteiger partial charge in [0.05, 0.1) is 24.3 Å². The fraction of sp³-hybridized carbons (Fsp3) is 0.500. The zero-order chi connectivity index (χ0) is 18.7. The second-order valence-corrected chi connectivity index (χ2v) is 7.28. The summed E-state index contributed by atoms with van der Waals surface area (Å²) >= 11 is 0. The van der Waals surface area contributed by atoms with E-state index in [1.807, 2.05) is 64.5 Å². The van der Waals surface area contributed by atoms with Gasteiger partial charge in [0.1, 0.15) is 5.75 Å². The van der Waals surface area contributed by atoms with Crippen LogP contribution in [0.5, 0.6) is 5.75 Å². The average Bonchev–Trinajstić information content (AvgIpc) is 3.23. The number of benzene rings is 1. The molecule has 2 heterocycles. The molecular weight excluding hydrogens is 364 g/mol. The van der Waals surface area contributed by atoms with Crippen molar-refractivity contribution in [3.05, 3.63) is 47.8 Å². The molecule has 2 aromatic rings. The number of nitrogens with one attached hydrogen (secondary N) is 2. The fourth-order valence-corrected chi connectivity index (χ4v) is 3.45. The van der Waals surface area contributed by atoms with Crippen LogP contribution < -0.4 is 15.4 Å². The minimum absolute atomic E-state index is 0. The number of ether oxygens (including phenoxy) is 1. The Labute approximate surface area is 167 Å². The highest BCUT2D eigenvalue weighted by atomic mass is 35.5.